The van der Waals surface area contributed by atoms with Crippen molar-refractivity contribution in [2.75, 3.05) is 5.32 Å². The first-order chi connectivity index (χ1) is 9.69. The van der Waals surface area contributed by atoms with Crippen molar-refractivity contribution in [1.29, 1.82) is 0 Å². The Kier molecular flexibility index (Phi) is 4.91. The second-order valence-electron chi connectivity index (χ2n) is 4.88. The number of carbonyl (C=O) groups is 1. The zero-order valence-electron chi connectivity index (χ0n) is 11.7. The number of nitrogens with two attached hydrogens (primary N) is 1. The maximum atomic E-state index is 12.0. The molecule has 0 spiro atoms. The third-order valence-corrected chi connectivity index (χ3v) is 3.33. The normalized spacial score (nSPS) is 10.3. The van der Waals surface area contributed by atoms with Crippen LogP contribution in [0.15, 0.2) is 48.5 Å². The van der Waals surface area contributed by atoms with Gasteiger partial charge < -0.3 is 11.1 Å². The minimum absolute atomic E-state index is 0.0300. The van der Waals surface area contributed by atoms with Crippen LogP contribution in [0.25, 0.3) is 0 Å². The number of carbonyl (C=O) groups excluding carboxylic acids is 1. The maximum Gasteiger partial charge on any atom is 0.224 e. The second-order valence-corrected chi connectivity index (χ2v) is 4.88. The van der Waals surface area contributed by atoms with Gasteiger partial charge in [0.25, 0.3) is 0 Å². The summed E-state index contributed by atoms with van der Waals surface area (Å²) < 4.78 is 0. The van der Waals surface area contributed by atoms with E-state index in [1.807, 2.05) is 36.4 Å². The molecule has 3 N–H and O–H groups in total. The van der Waals surface area contributed by atoms with Crippen LogP contribution in [0, 0.1) is 6.92 Å². The standard InChI is InChI=1S/C17H20N2O/c1-13-5-2-3-7-15(13)9-10-17(20)19-16-8-4-6-14(11-16)12-18/h2-8,11H,9-10,12,18H2,1H3,(H,19,20). The molecule has 2 rings (SSSR count). The Morgan fingerprint density at radius 3 is 2.70 bits per heavy atom. The summed E-state index contributed by atoms with van der Waals surface area (Å²) in [5.74, 6) is 0.0300. The van der Waals surface area contributed by atoms with Crippen LogP contribution in [0.1, 0.15) is 23.1 Å². The highest BCUT2D eigenvalue weighted by atomic mass is 16.1. The summed E-state index contributed by atoms with van der Waals surface area (Å²) in [6, 6.07) is 15.8. The Balaban J connectivity index is 1.91. The van der Waals surface area contributed by atoms with Gasteiger partial charge in [-0.05, 0) is 42.2 Å². The van der Waals surface area contributed by atoms with E-state index in [0.717, 1.165) is 17.7 Å². The number of anilines is 1. The Bertz CT molecular complexity index is 593. The number of hydrogen-bond donors (Lipinski definition) is 2. The van der Waals surface area contributed by atoms with Crippen molar-refractivity contribution >= 4 is 11.6 Å². The molecular weight excluding hydrogens is 248 g/mol. The molecule has 0 aliphatic rings. The van der Waals surface area contributed by atoms with Crippen molar-refractivity contribution in [3.8, 4) is 0 Å². The van der Waals surface area contributed by atoms with Gasteiger partial charge in [-0.2, -0.15) is 0 Å². The van der Waals surface area contributed by atoms with E-state index in [1.165, 1.54) is 11.1 Å². The van der Waals surface area contributed by atoms with E-state index in [1.54, 1.807) is 0 Å². The molecule has 0 aliphatic carbocycles. The molecule has 0 saturated heterocycles. The predicted octanol–water partition coefficient (Wildman–Crippen LogP) is 3.03. The molecule has 0 unspecified atom stereocenters. The van der Waals surface area contributed by atoms with Crippen molar-refractivity contribution < 1.29 is 4.79 Å². The highest BCUT2D eigenvalue weighted by Crippen LogP contribution is 2.13. The van der Waals surface area contributed by atoms with Crippen LogP contribution >= 0.6 is 0 Å². The fourth-order valence-electron chi connectivity index (χ4n) is 2.14. The van der Waals surface area contributed by atoms with E-state index >= 15 is 0 Å². The van der Waals surface area contributed by atoms with Crippen molar-refractivity contribution in [2.24, 2.45) is 5.73 Å². The topological polar surface area (TPSA) is 55.1 Å². The summed E-state index contributed by atoms with van der Waals surface area (Å²) in [6.07, 6.45) is 1.24. The molecule has 2 aromatic carbocycles. The minimum Gasteiger partial charge on any atom is -0.326 e. The molecule has 0 heterocycles. The molecule has 104 valence electrons. The smallest absolute Gasteiger partial charge is 0.224 e. The van der Waals surface area contributed by atoms with E-state index in [-0.39, 0.29) is 5.91 Å². The van der Waals surface area contributed by atoms with Crippen LogP contribution in [0.4, 0.5) is 5.69 Å². The van der Waals surface area contributed by atoms with Crippen molar-refractivity contribution in [2.45, 2.75) is 26.3 Å². The fourth-order valence-corrected chi connectivity index (χ4v) is 2.14. The van der Waals surface area contributed by atoms with Gasteiger partial charge in [0.2, 0.25) is 5.91 Å². The van der Waals surface area contributed by atoms with Crippen LogP contribution in [-0.2, 0) is 17.8 Å². The average molecular weight is 268 g/mol. The van der Waals surface area contributed by atoms with Gasteiger partial charge in [-0.15, -0.1) is 0 Å². The first-order valence-corrected chi connectivity index (χ1v) is 6.82. The summed E-state index contributed by atoms with van der Waals surface area (Å²) in [5, 5.41) is 2.91. The van der Waals surface area contributed by atoms with Crippen LogP contribution in [0.5, 0.6) is 0 Å². The van der Waals surface area contributed by atoms with Crippen molar-refractivity contribution in [3.63, 3.8) is 0 Å². The molecule has 2 aromatic rings. The van der Waals surface area contributed by atoms with Gasteiger partial charge in [-0.1, -0.05) is 36.4 Å². The van der Waals surface area contributed by atoms with Gasteiger partial charge in [-0.3, -0.25) is 4.79 Å². The zero-order valence-corrected chi connectivity index (χ0v) is 11.7. The highest BCUT2D eigenvalue weighted by molar-refractivity contribution is 5.90. The number of benzene rings is 2. The molecule has 1 amide bonds. The minimum atomic E-state index is 0.0300. The third-order valence-electron chi connectivity index (χ3n) is 3.33. The third kappa shape index (κ3) is 3.93. The highest BCUT2D eigenvalue weighted by Gasteiger charge is 2.05. The first-order valence-electron chi connectivity index (χ1n) is 6.82. The van der Waals surface area contributed by atoms with Crippen LogP contribution in [0.2, 0.25) is 0 Å². The summed E-state index contributed by atoms with van der Waals surface area (Å²) in [7, 11) is 0. The lowest BCUT2D eigenvalue weighted by atomic mass is 10.0. The molecule has 3 heteroatoms. The first kappa shape index (κ1) is 14.3. The van der Waals surface area contributed by atoms with E-state index in [9.17, 15) is 4.79 Å². The van der Waals surface area contributed by atoms with Crippen LogP contribution in [0.3, 0.4) is 0 Å². The number of aryl methyl sites for hydroxylation is 2. The molecule has 0 saturated carbocycles. The molecule has 20 heavy (non-hydrogen) atoms. The summed E-state index contributed by atoms with van der Waals surface area (Å²) in [4.78, 5) is 12.0. The number of amides is 1. The van der Waals surface area contributed by atoms with Crippen LogP contribution < -0.4 is 11.1 Å². The van der Waals surface area contributed by atoms with Gasteiger partial charge in [0.1, 0.15) is 0 Å². The molecule has 0 aliphatic heterocycles. The lowest BCUT2D eigenvalue weighted by molar-refractivity contribution is -0.116. The Morgan fingerprint density at radius 2 is 1.95 bits per heavy atom. The Morgan fingerprint density at radius 1 is 1.15 bits per heavy atom. The Hall–Kier alpha value is -2.13. The largest absolute Gasteiger partial charge is 0.326 e. The van der Waals surface area contributed by atoms with Crippen molar-refractivity contribution in [1.82, 2.24) is 0 Å². The summed E-state index contributed by atoms with van der Waals surface area (Å²) in [5.41, 5.74) is 9.86. The van der Waals surface area contributed by atoms with Gasteiger partial charge in [0, 0.05) is 18.7 Å². The lowest BCUT2D eigenvalue weighted by Gasteiger charge is -2.08. The molecule has 3 nitrogen and oxygen atoms in total. The van der Waals surface area contributed by atoms with Gasteiger partial charge in [0.15, 0.2) is 0 Å². The number of hydrogen-bond acceptors (Lipinski definition) is 2. The number of rotatable bonds is 5. The monoisotopic (exact) mass is 268 g/mol. The molecule has 0 bridgehead atoms. The molecule has 0 fully saturated rings. The summed E-state index contributed by atoms with van der Waals surface area (Å²) >= 11 is 0. The molecular formula is C17H20N2O. The second kappa shape index (κ2) is 6.87. The van der Waals surface area contributed by atoms with Gasteiger partial charge >= 0.3 is 0 Å². The van der Waals surface area contributed by atoms with E-state index in [4.69, 9.17) is 5.73 Å². The molecule has 0 radical (unpaired) electrons. The molecule has 0 aromatic heterocycles. The SMILES string of the molecule is Cc1ccccc1CCC(=O)Nc1cccc(CN)c1. The van der Waals surface area contributed by atoms with E-state index < -0.39 is 0 Å². The maximum absolute atomic E-state index is 12.0. The van der Waals surface area contributed by atoms with Crippen molar-refractivity contribution in [3.05, 3.63) is 65.2 Å². The molecule has 0 atom stereocenters. The zero-order chi connectivity index (χ0) is 14.4. The average Bonchev–Trinajstić information content (AvgIpc) is 2.46. The predicted molar refractivity (Wildman–Crippen MR) is 82.5 cm³/mol. The Labute approximate surface area is 119 Å². The fraction of sp³-hybridized carbons (Fsp3) is 0.235. The van der Waals surface area contributed by atoms with Gasteiger partial charge in [0.05, 0.1) is 0 Å². The quantitative estimate of drug-likeness (QED) is 0.875. The van der Waals surface area contributed by atoms with Gasteiger partial charge in [-0.25, -0.2) is 0 Å². The van der Waals surface area contributed by atoms with Crippen LogP contribution in [-0.4, -0.2) is 5.91 Å². The van der Waals surface area contributed by atoms with E-state index in [2.05, 4.69) is 24.4 Å². The summed E-state index contributed by atoms with van der Waals surface area (Å²) in [6.45, 7) is 2.55. The lowest BCUT2D eigenvalue weighted by Crippen LogP contribution is -2.13. The van der Waals surface area contributed by atoms with E-state index in [0.29, 0.717) is 13.0 Å². The number of nitrogens with one attached hydrogen (secondary N) is 1.